The molecule has 1 heterocycles. The number of rotatable bonds is 10. The number of carbonyl (C=O) groups is 1. The van der Waals surface area contributed by atoms with Gasteiger partial charge in [-0.15, -0.1) is 0 Å². The van der Waals surface area contributed by atoms with E-state index in [1.807, 2.05) is 18.2 Å². The molecule has 0 saturated heterocycles. The van der Waals surface area contributed by atoms with Crippen LogP contribution < -0.4 is 15.4 Å². The van der Waals surface area contributed by atoms with Crippen LogP contribution in [0.15, 0.2) is 48.5 Å². The van der Waals surface area contributed by atoms with E-state index in [0.717, 1.165) is 19.3 Å². The van der Waals surface area contributed by atoms with E-state index in [4.69, 9.17) is 33.0 Å². The molecule has 1 aliphatic carbocycles. The summed E-state index contributed by atoms with van der Waals surface area (Å²) in [5.41, 5.74) is 1.69. The van der Waals surface area contributed by atoms with Gasteiger partial charge in [-0.2, -0.15) is 9.78 Å². The zero-order chi connectivity index (χ0) is 25.5. The molecule has 0 bridgehead atoms. The lowest BCUT2D eigenvalue weighted by atomic mass is 9.95. The number of halogens is 2. The Morgan fingerprint density at radius 3 is 2.53 bits per heavy atom. The summed E-state index contributed by atoms with van der Waals surface area (Å²) in [5.74, 6) is 1.20. The lowest BCUT2D eigenvalue weighted by molar-refractivity contribution is 0.0941. The summed E-state index contributed by atoms with van der Waals surface area (Å²) in [5, 5.41) is 12.6. The van der Waals surface area contributed by atoms with Crippen LogP contribution >= 0.6 is 23.2 Å². The second-order valence-electron chi connectivity index (χ2n) is 9.49. The third kappa shape index (κ3) is 6.61. The molecule has 1 aliphatic rings. The van der Waals surface area contributed by atoms with E-state index in [2.05, 4.69) is 24.5 Å². The van der Waals surface area contributed by atoms with Crippen molar-refractivity contribution in [1.82, 2.24) is 20.4 Å². The van der Waals surface area contributed by atoms with E-state index in [-0.39, 0.29) is 5.91 Å². The van der Waals surface area contributed by atoms with Crippen molar-refractivity contribution in [3.63, 3.8) is 0 Å². The van der Waals surface area contributed by atoms with Gasteiger partial charge in [-0.25, -0.2) is 0 Å². The molecular formula is C28H34Cl2N4O2. The van der Waals surface area contributed by atoms with Gasteiger partial charge >= 0.3 is 0 Å². The topological polar surface area (TPSA) is 68.2 Å². The SMILES string of the molecule is CCC(C)CNC(=O)c1nn(-c2ccccc2Cl)c(Oc2ccc(Cl)cc2)c1CNC1CCCCC1. The Morgan fingerprint density at radius 1 is 1.11 bits per heavy atom. The average molecular weight is 530 g/mol. The second-order valence-corrected chi connectivity index (χ2v) is 10.3. The summed E-state index contributed by atoms with van der Waals surface area (Å²) in [6, 6.07) is 15.0. The van der Waals surface area contributed by atoms with Crippen LogP contribution in [0.3, 0.4) is 0 Å². The summed E-state index contributed by atoms with van der Waals surface area (Å²) in [6.45, 7) is 5.27. The number of nitrogens with zero attached hydrogens (tertiary/aromatic N) is 2. The van der Waals surface area contributed by atoms with Crippen molar-refractivity contribution in [2.75, 3.05) is 6.54 Å². The second kappa shape index (κ2) is 12.6. The van der Waals surface area contributed by atoms with E-state index in [1.54, 1.807) is 35.0 Å². The minimum Gasteiger partial charge on any atom is -0.439 e. The number of para-hydroxylation sites is 1. The summed E-state index contributed by atoms with van der Waals surface area (Å²) >= 11 is 12.7. The van der Waals surface area contributed by atoms with Crippen molar-refractivity contribution in [3.8, 4) is 17.3 Å². The molecule has 0 spiro atoms. The highest BCUT2D eigenvalue weighted by Crippen LogP contribution is 2.34. The smallest absolute Gasteiger partial charge is 0.272 e. The molecule has 0 radical (unpaired) electrons. The molecule has 1 atom stereocenters. The summed E-state index contributed by atoms with van der Waals surface area (Å²) in [4.78, 5) is 13.4. The van der Waals surface area contributed by atoms with Gasteiger partial charge in [0.15, 0.2) is 5.69 Å². The number of amides is 1. The summed E-state index contributed by atoms with van der Waals surface area (Å²) in [6.07, 6.45) is 6.94. The molecule has 1 aromatic heterocycles. The van der Waals surface area contributed by atoms with Crippen molar-refractivity contribution in [1.29, 1.82) is 0 Å². The van der Waals surface area contributed by atoms with Gasteiger partial charge in [0.05, 0.1) is 16.3 Å². The molecule has 2 N–H and O–H groups in total. The normalized spacial score (nSPS) is 15.0. The number of ether oxygens (including phenoxy) is 1. The highest BCUT2D eigenvalue weighted by molar-refractivity contribution is 6.32. The van der Waals surface area contributed by atoms with Crippen molar-refractivity contribution in [3.05, 3.63) is 69.8 Å². The fourth-order valence-electron chi connectivity index (χ4n) is 4.33. The number of hydrogen-bond donors (Lipinski definition) is 2. The van der Waals surface area contributed by atoms with Gasteiger partial charge in [0.25, 0.3) is 5.91 Å². The molecule has 192 valence electrons. The molecule has 1 unspecified atom stereocenters. The molecule has 4 rings (SSSR count). The van der Waals surface area contributed by atoms with Crippen LogP contribution in [0.4, 0.5) is 0 Å². The molecule has 6 nitrogen and oxygen atoms in total. The fraction of sp³-hybridized carbons (Fsp3) is 0.429. The minimum absolute atomic E-state index is 0.220. The molecule has 3 aromatic rings. The Kier molecular flexibility index (Phi) is 9.30. The molecule has 1 fully saturated rings. The van der Waals surface area contributed by atoms with Crippen LogP contribution in [0.2, 0.25) is 10.0 Å². The molecule has 36 heavy (non-hydrogen) atoms. The number of aromatic nitrogens is 2. The third-order valence-electron chi connectivity index (χ3n) is 6.74. The number of carbonyl (C=O) groups excluding carboxylic acids is 1. The number of benzene rings is 2. The maximum Gasteiger partial charge on any atom is 0.272 e. The maximum absolute atomic E-state index is 13.4. The van der Waals surface area contributed by atoms with Gasteiger partial charge in [0, 0.05) is 24.2 Å². The van der Waals surface area contributed by atoms with Crippen LogP contribution in [-0.4, -0.2) is 28.3 Å². The lowest BCUT2D eigenvalue weighted by Crippen LogP contribution is -2.32. The van der Waals surface area contributed by atoms with Crippen LogP contribution in [0.1, 0.15) is 68.4 Å². The standard InChI is InChI=1S/C28H34Cl2N4O2/c1-3-19(2)17-32-27(35)26-23(18-31-21-9-5-4-6-10-21)28(36-22-15-13-20(29)14-16-22)34(33-26)25-12-8-7-11-24(25)30/h7-8,11-16,19,21,31H,3-6,9-10,17-18H2,1-2H3,(H,32,35). The Balaban J connectivity index is 1.76. The van der Waals surface area contributed by atoms with Crippen molar-refractivity contribution in [2.24, 2.45) is 5.92 Å². The van der Waals surface area contributed by atoms with E-state index >= 15 is 0 Å². The van der Waals surface area contributed by atoms with Gasteiger partial charge in [-0.05, 0) is 55.2 Å². The van der Waals surface area contributed by atoms with Crippen molar-refractivity contribution in [2.45, 2.75) is 65.0 Å². The summed E-state index contributed by atoms with van der Waals surface area (Å²) < 4.78 is 8.02. The van der Waals surface area contributed by atoms with Gasteiger partial charge in [0.1, 0.15) is 5.75 Å². The van der Waals surface area contributed by atoms with Gasteiger partial charge in [0.2, 0.25) is 5.88 Å². The van der Waals surface area contributed by atoms with E-state index < -0.39 is 0 Å². The first-order valence-electron chi connectivity index (χ1n) is 12.8. The fourth-order valence-corrected chi connectivity index (χ4v) is 4.67. The first-order chi connectivity index (χ1) is 17.5. The molecular weight excluding hydrogens is 495 g/mol. The Morgan fingerprint density at radius 2 is 1.83 bits per heavy atom. The Hall–Kier alpha value is -2.54. The predicted molar refractivity (Wildman–Crippen MR) is 146 cm³/mol. The van der Waals surface area contributed by atoms with E-state index in [0.29, 0.717) is 63.7 Å². The van der Waals surface area contributed by atoms with Crippen LogP contribution in [0, 0.1) is 5.92 Å². The van der Waals surface area contributed by atoms with Gasteiger partial charge < -0.3 is 15.4 Å². The maximum atomic E-state index is 13.4. The predicted octanol–water partition coefficient (Wildman–Crippen LogP) is 7.17. The number of hydrogen-bond acceptors (Lipinski definition) is 4. The van der Waals surface area contributed by atoms with Crippen LogP contribution in [-0.2, 0) is 6.54 Å². The van der Waals surface area contributed by atoms with E-state index in [9.17, 15) is 4.79 Å². The van der Waals surface area contributed by atoms with Crippen molar-refractivity contribution >= 4 is 29.1 Å². The quantitative estimate of drug-likeness (QED) is 0.292. The highest BCUT2D eigenvalue weighted by atomic mass is 35.5. The summed E-state index contributed by atoms with van der Waals surface area (Å²) in [7, 11) is 0. The van der Waals surface area contributed by atoms with Crippen LogP contribution in [0.5, 0.6) is 11.6 Å². The molecule has 8 heteroatoms. The van der Waals surface area contributed by atoms with Gasteiger partial charge in [-0.3, -0.25) is 4.79 Å². The minimum atomic E-state index is -0.220. The largest absolute Gasteiger partial charge is 0.439 e. The molecule has 2 aromatic carbocycles. The zero-order valence-corrected chi connectivity index (χ0v) is 22.4. The Bertz CT molecular complexity index is 1160. The molecule has 0 aliphatic heterocycles. The monoisotopic (exact) mass is 528 g/mol. The highest BCUT2D eigenvalue weighted by Gasteiger charge is 2.27. The number of nitrogens with one attached hydrogen (secondary N) is 2. The molecule has 1 saturated carbocycles. The van der Waals surface area contributed by atoms with Gasteiger partial charge in [-0.1, -0.05) is 74.9 Å². The average Bonchev–Trinajstić information content (AvgIpc) is 3.25. The first-order valence-corrected chi connectivity index (χ1v) is 13.5. The first kappa shape index (κ1) is 26.5. The lowest BCUT2D eigenvalue weighted by Gasteiger charge is -2.23. The zero-order valence-electron chi connectivity index (χ0n) is 20.9. The van der Waals surface area contributed by atoms with Crippen molar-refractivity contribution < 1.29 is 9.53 Å². The Labute approximate surface area is 223 Å². The third-order valence-corrected chi connectivity index (χ3v) is 7.31. The molecule has 1 amide bonds. The van der Waals surface area contributed by atoms with E-state index in [1.165, 1.54) is 19.3 Å². The van der Waals surface area contributed by atoms with Crippen LogP contribution in [0.25, 0.3) is 5.69 Å².